The maximum atomic E-state index is 9.40. The minimum atomic E-state index is -0.656. The van der Waals surface area contributed by atoms with Gasteiger partial charge < -0.3 is 0 Å². The van der Waals surface area contributed by atoms with E-state index in [9.17, 15) is 5.26 Å². The molecule has 1 atom stereocenters. The van der Waals surface area contributed by atoms with Crippen molar-refractivity contribution in [1.29, 1.82) is 5.26 Å². The molecule has 0 aliphatic carbocycles. The van der Waals surface area contributed by atoms with Gasteiger partial charge in [0.05, 0.1) is 6.07 Å². The van der Waals surface area contributed by atoms with Crippen LogP contribution < -0.4 is 5.32 Å². The summed E-state index contributed by atoms with van der Waals surface area (Å²) in [4.78, 5) is 0. The van der Waals surface area contributed by atoms with E-state index < -0.39 is 5.54 Å². The Kier molecular flexibility index (Phi) is 3.76. The van der Waals surface area contributed by atoms with Crippen molar-refractivity contribution in [2.45, 2.75) is 19.0 Å². The quantitative estimate of drug-likeness (QED) is 0.884. The fraction of sp³-hybridized carbons (Fsp3) is 0.188. The third-order valence-electron chi connectivity index (χ3n) is 3.06. The number of benzene rings is 2. The van der Waals surface area contributed by atoms with Crippen molar-refractivity contribution in [3.8, 4) is 6.07 Å². The average molecular weight is 236 g/mol. The SMILES string of the molecule is C[C@@](C#N)(NCc1ccccc1)c1ccccc1. The molecule has 0 heterocycles. The molecule has 0 fully saturated rings. The van der Waals surface area contributed by atoms with Gasteiger partial charge in [-0.2, -0.15) is 5.26 Å². The smallest absolute Gasteiger partial charge is 0.129 e. The van der Waals surface area contributed by atoms with E-state index in [0.717, 1.165) is 5.56 Å². The molecule has 0 amide bonds. The van der Waals surface area contributed by atoms with Gasteiger partial charge in [0, 0.05) is 6.54 Å². The number of hydrogen-bond acceptors (Lipinski definition) is 2. The number of nitrogens with one attached hydrogen (secondary N) is 1. The Morgan fingerprint density at radius 2 is 1.56 bits per heavy atom. The van der Waals surface area contributed by atoms with Gasteiger partial charge in [-0.3, -0.25) is 5.32 Å². The van der Waals surface area contributed by atoms with Crippen molar-refractivity contribution in [2.75, 3.05) is 0 Å². The van der Waals surface area contributed by atoms with Crippen molar-refractivity contribution < 1.29 is 0 Å². The molecule has 2 aromatic rings. The summed E-state index contributed by atoms with van der Waals surface area (Å²) in [5.41, 5.74) is 1.51. The molecule has 0 bridgehead atoms. The first-order chi connectivity index (χ1) is 8.74. The Balaban J connectivity index is 2.13. The molecule has 0 aliphatic heterocycles. The second kappa shape index (κ2) is 5.48. The van der Waals surface area contributed by atoms with Crippen LogP contribution in [0.5, 0.6) is 0 Å². The molecule has 18 heavy (non-hydrogen) atoms. The molecule has 0 saturated heterocycles. The fourth-order valence-corrected chi connectivity index (χ4v) is 1.85. The van der Waals surface area contributed by atoms with Crippen LogP contribution in [0.2, 0.25) is 0 Å². The number of hydrogen-bond donors (Lipinski definition) is 1. The summed E-state index contributed by atoms with van der Waals surface area (Å²) in [6.07, 6.45) is 0. The molecule has 90 valence electrons. The number of rotatable bonds is 4. The molecule has 2 nitrogen and oxygen atoms in total. The summed E-state index contributed by atoms with van der Waals surface area (Å²) in [7, 11) is 0. The van der Waals surface area contributed by atoms with Crippen LogP contribution in [0.3, 0.4) is 0 Å². The third kappa shape index (κ3) is 2.77. The summed E-state index contributed by atoms with van der Waals surface area (Å²) >= 11 is 0. The summed E-state index contributed by atoms with van der Waals surface area (Å²) < 4.78 is 0. The Morgan fingerprint density at radius 1 is 1.00 bits per heavy atom. The van der Waals surface area contributed by atoms with Gasteiger partial charge in [-0.05, 0) is 18.1 Å². The van der Waals surface area contributed by atoms with Crippen LogP contribution in [-0.4, -0.2) is 0 Å². The van der Waals surface area contributed by atoms with Crippen LogP contribution in [0.15, 0.2) is 60.7 Å². The number of nitrogens with zero attached hydrogens (tertiary/aromatic N) is 1. The van der Waals surface area contributed by atoms with Crippen LogP contribution in [-0.2, 0) is 12.1 Å². The van der Waals surface area contributed by atoms with E-state index in [1.165, 1.54) is 5.56 Å². The second-order valence-electron chi connectivity index (χ2n) is 4.44. The van der Waals surface area contributed by atoms with Gasteiger partial charge in [0.2, 0.25) is 0 Å². The Labute approximate surface area is 108 Å². The Morgan fingerprint density at radius 3 is 2.11 bits per heavy atom. The van der Waals surface area contributed by atoms with Crippen molar-refractivity contribution in [1.82, 2.24) is 5.32 Å². The predicted molar refractivity (Wildman–Crippen MR) is 72.7 cm³/mol. The standard InChI is InChI=1S/C16H16N2/c1-16(13-17,15-10-6-3-7-11-15)18-12-14-8-4-2-5-9-14/h2-11,18H,12H2,1H3/t16-/m0/s1. The van der Waals surface area contributed by atoms with Gasteiger partial charge >= 0.3 is 0 Å². The summed E-state index contributed by atoms with van der Waals surface area (Å²) in [6.45, 7) is 2.59. The third-order valence-corrected chi connectivity index (χ3v) is 3.06. The van der Waals surface area contributed by atoms with Crippen molar-refractivity contribution in [3.63, 3.8) is 0 Å². The largest absolute Gasteiger partial charge is 0.292 e. The zero-order valence-corrected chi connectivity index (χ0v) is 10.4. The molecule has 0 radical (unpaired) electrons. The molecule has 1 N–H and O–H groups in total. The molecule has 2 heteroatoms. The Hall–Kier alpha value is -2.11. The Bertz CT molecular complexity index is 528. The highest BCUT2D eigenvalue weighted by atomic mass is 15.0. The lowest BCUT2D eigenvalue weighted by Gasteiger charge is -2.23. The molecule has 0 saturated carbocycles. The highest BCUT2D eigenvalue weighted by Crippen LogP contribution is 2.20. The highest BCUT2D eigenvalue weighted by Gasteiger charge is 2.24. The second-order valence-corrected chi connectivity index (χ2v) is 4.44. The van der Waals surface area contributed by atoms with Gasteiger partial charge in [0.1, 0.15) is 5.54 Å². The first kappa shape index (κ1) is 12.3. The monoisotopic (exact) mass is 236 g/mol. The van der Waals surface area contributed by atoms with Crippen LogP contribution in [0, 0.1) is 11.3 Å². The van der Waals surface area contributed by atoms with Gasteiger partial charge in [0.15, 0.2) is 0 Å². The van der Waals surface area contributed by atoms with Gasteiger partial charge in [-0.25, -0.2) is 0 Å². The summed E-state index contributed by atoms with van der Waals surface area (Å²) in [5, 5.41) is 12.7. The lowest BCUT2D eigenvalue weighted by atomic mass is 9.93. The minimum absolute atomic E-state index is 0.656. The summed E-state index contributed by atoms with van der Waals surface area (Å²) in [5.74, 6) is 0. The molecule has 0 aromatic heterocycles. The van der Waals surface area contributed by atoms with E-state index in [0.29, 0.717) is 6.54 Å². The van der Waals surface area contributed by atoms with Crippen molar-refractivity contribution >= 4 is 0 Å². The molecular weight excluding hydrogens is 220 g/mol. The molecular formula is C16H16N2. The minimum Gasteiger partial charge on any atom is -0.292 e. The van der Waals surface area contributed by atoms with Crippen LogP contribution in [0.25, 0.3) is 0 Å². The zero-order chi connectivity index (χ0) is 12.8. The van der Waals surface area contributed by atoms with Gasteiger partial charge in [-0.15, -0.1) is 0 Å². The zero-order valence-electron chi connectivity index (χ0n) is 10.4. The van der Waals surface area contributed by atoms with Crippen LogP contribution in [0.1, 0.15) is 18.1 Å². The van der Waals surface area contributed by atoms with Gasteiger partial charge in [0.25, 0.3) is 0 Å². The van der Waals surface area contributed by atoms with Gasteiger partial charge in [-0.1, -0.05) is 60.7 Å². The first-order valence-corrected chi connectivity index (χ1v) is 6.00. The van der Waals surface area contributed by atoms with E-state index in [2.05, 4.69) is 23.5 Å². The van der Waals surface area contributed by atoms with Crippen molar-refractivity contribution in [2.24, 2.45) is 0 Å². The van der Waals surface area contributed by atoms with E-state index in [1.54, 1.807) is 0 Å². The van der Waals surface area contributed by atoms with E-state index in [-0.39, 0.29) is 0 Å². The van der Waals surface area contributed by atoms with E-state index in [1.807, 2.05) is 55.5 Å². The maximum absolute atomic E-state index is 9.40. The van der Waals surface area contributed by atoms with Crippen LogP contribution >= 0.6 is 0 Å². The van der Waals surface area contributed by atoms with Crippen molar-refractivity contribution in [3.05, 3.63) is 71.8 Å². The van der Waals surface area contributed by atoms with Crippen LogP contribution in [0.4, 0.5) is 0 Å². The normalized spacial score (nSPS) is 13.6. The van der Waals surface area contributed by atoms with E-state index in [4.69, 9.17) is 0 Å². The van der Waals surface area contributed by atoms with E-state index >= 15 is 0 Å². The lowest BCUT2D eigenvalue weighted by molar-refractivity contribution is 0.464. The predicted octanol–water partition coefficient (Wildman–Crippen LogP) is 3.22. The first-order valence-electron chi connectivity index (χ1n) is 6.00. The highest BCUT2D eigenvalue weighted by molar-refractivity contribution is 5.30. The summed E-state index contributed by atoms with van der Waals surface area (Å²) in [6, 6.07) is 22.3. The maximum Gasteiger partial charge on any atom is 0.129 e. The molecule has 0 unspecified atom stereocenters. The fourth-order valence-electron chi connectivity index (χ4n) is 1.85. The lowest BCUT2D eigenvalue weighted by Crippen LogP contribution is -2.37. The topological polar surface area (TPSA) is 35.8 Å². The average Bonchev–Trinajstić information content (AvgIpc) is 2.47. The molecule has 0 aliphatic rings. The number of nitriles is 1. The molecule has 2 rings (SSSR count). The molecule has 0 spiro atoms. The molecule has 2 aromatic carbocycles.